The van der Waals surface area contributed by atoms with Crippen LogP contribution in [0.25, 0.3) is 0 Å². The molecule has 0 aromatic heterocycles. The zero-order valence-corrected chi connectivity index (χ0v) is 23.6. The van der Waals surface area contributed by atoms with Gasteiger partial charge in [-0.2, -0.15) is 0 Å². The molecule has 2 rings (SSSR count). The average molecular weight is 461 g/mol. The Morgan fingerprint density at radius 1 is 1.00 bits per heavy atom. The number of ketones is 2. The van der Waals surface area contributed by atoms with E-state index in [-0.39, 0.29) is 11.6 Å². The number of carbonyl (C=O) groups excluding carboxylic acids is 2. The standard InChI is InChI=1S/C18H24N2O.C4H10.C3H6O.2C2H6/c1-12(16-8-6-5-7-9-16)10-17-19-11-13(2)14(3)18(20-17)15(4)21;1-3-4-2;1-3(2)4;2*1-2/h5-9,12-13H,10-11H2,1-4H3,(H,19,20);3-4H2,1-2H3;1-2H3;2*1-2H3/t12?,13-;;;;/m1..../s1. The number of amidine groups is 1. The van der Waals surface area contributed by atoms with E-state index in [4.69, 9.17) is 0 Å². The fraction of sp³-hybridized carbons (Fsp3) is 0.621. The van der Waals surface area contributed by atoms with Gasteiger partial charge in [-0.15, -0.1) is 0 Å². The number of aliphatic imine (C=N–C) groups is 1. The van der Waals surface area contributed by atoms with E-state index in [1.165, 1.54) is 32.3 Å². The van der Waals surface area contributed by atoms with Crippen molar-refractivity contribution < 1.29 is 9.59 Å². The number of nitrogens with zero attached hydrogens (tertiary/aromatic N) is 1. The van der Waals surface area contributed by atoms with Gasteiger partial charge in [0, 0.05) is 19.9 Å². The van der Waals surface area contributed by atoms with Crippen LogP contribution in [0.2, 0.25) is 0 Å². The van der Waals surface area contributed by atoms with Gasteiger partial charge < -0.3 is 10.1 Å². The SMILES string of the molecule is CC.CC.CC(=O)C1=C(C)[C@H](C)CN=C(CC(C)c2ccccc2)N1.CC(C)=O.CCCC. The van der Waals surface area contributed by atoms with Crippen molar-refractivity contribution in [3.63, 3.8) is 0 Å². The van der Waals surface area contributed by atoms with Crippen LogP contribution in [0.1, 0.15) is 114 Å². The van der Waals surface area contributed by atoms with Gasteiger partial charge in [0.1, 0.15) is 11.6 Å². The van der Waals surface area contributed by atoms with Crippen molar-refractivity contribution in [1.82, 2.24) is 5.32 Å². The Balaban J connectivity index is -0.000000631. The molecule has 0 bridgehead atoms. The van der Waals surface area contributed by atoms with Gasteiger partial charge in [0.2, 0.25) is 0 Å². The summed E-state index contributed by atoms with van der Waals surface area (Å²) in [5, 5.41) is 3.28. The Bertz CT molecular complexity index is 685. The molecule has 4 nitrogen and oxygen atoms in total. The number of Topliss-reactive ketones (excluding diaryl/α,β-unsaturated/α-hetero) is 2. The third kappa shape index (κ3) is 17.9. The molecule has 1 aromatic rings. The summed E-state index contributed by atoms with van der Waals surface area (Å²) in [5.41, 5.74) is 3.12. The Labute approximate surface area is 205 Å². The van der Waals surface area contributed by atoms with Crippen LogP contribution in [-0.4, -0.2) is 23.9 Å². The Morgan fingerprint density at radius 3 is 1.85 bits per heavy atom. The second kappa shape index (κ2) is 22.9. The van der Waals surface area contributed by atoms with E-state index in [2.05, 4.69) is 62.3 Å². The third-order valence-corrected chi connectivity index (χ3v) is 4.68. The lowest BCUT2D eigenvalue weighted by atomic mass is 9.97. The summed E-state index contributed by atoms with van der Waals surface area (Å²) in [5.74, 6) is 1.85. The number of carbonyl (C=O) groups is 2. The predicted octanol–water partition coefficient (Wildman–Crippen LogP) is 8.14. The van der Waals surface area contributed by atoms with Crippen molar-refractivity contribution in [1.29, 1.82) is 0 Å². The number of benzene rings is 1. The van der Waals surface area contributed by atoms with E-state index < -0.39 is 0 Å². The fourth-order valence-corrected chi connectivity index (χ4v) is 2.58. The van der Waals surface area contributed by atoms with Gasteiger partial charge in [0.25, 0.3) is 0 Å². The van der Waals surface area contributed by atoms with Crippen LogP contribution in [0.5, 0.6) is 0 Å². The topological polar surface area (TPSA) is 58.5 Å². The molecule has 0 saturated carbocycles. The van der Waals surface area contributed by atoms with Crippen molar-refractivity contribution in [3.05, 3.63) is 47.2 Å². The van der Waals surface area contributed by atoms with Gasteiger partial charge in [-0.1, -0.05) is 98.6 Å². The van der Waals surface area contributed by atoms with Gasteiger partial charge in [-0.25, -0.2) is 0 Å². The number of hydrogen-bond donors (Lipinski definition) is 1. The predicted molar refractivity (Wildman–Crippen MR) is 147 cm³/mol. The first kappa shape index (κ1) is 35.4. The lowest BCUT2D eigenvalue weighted by Crippen LogP contribution is -2.28. The van der Waals surface area contributed by atoms with Crippen LogP contribution in [0.4, 0.5) is 0 Å². The van der Waals surface area contributed by atoms with E-state index in [0.29, 0.717) is 11.8 Å². The number of nitrogens with one attached hydrogen (secondary N) is 1. The molecule has 1 N–H and O–H groups in total. The van der Waals surface area contributed by atoms with Crippen molar-refractivity contribution in [3.8, 4) is 0 Å². The van der Waals surface area contributed by atoms with E-state index in [0.717, 1.165) is 30.1 Å². The molecule has 4 heteroatoms. The van der Waals surface area contributed by atoms with Crippen molar-refractivity contribution in [2.24, 2.45) is 10.9 Å². The molecular weight excluding hydrogens is 408 g/mol. The summed E-state index contributed by atoms with van der Waals surface area (Å²) in [7, 11) is 0. The van der Waals surface area contributed by atoms with Crippen LogP contribution in [0.3, 0.4) is 0 Å². The summed E-state index contributed by atoms with van der Waals surface area (Å²) in [4.78, 5) is 25.9. The first-order valence-electron chi connectivity index (χ1n) is 12.7. The molecule has 1 unspecified atom stereocenters. The third-order valence-electron chi connectivity index (χ3n) is 4.68. The molecule has 0 saturated heterocycles. The molecule has 0 amide bonds. The van der Waals surface area contributed by atoms with E-state index in [1.807, 2.05) is 40.7 Å². The minimum absolute atomic E-state index is 0.0846. The first-order valence-corrected chi connectivity index (χ1v) is 12.7. The minimum Gasteiger partial charge on any atom is -0.341 e. The first-order chi connectivity index (χ1) is 15.6. The lowest BCUT2D eigenvalue weighted by molar-refractivity contribution is -0.115. The number of hydrogen-bond acceptors (Lipinski definition) is 4. The number of allylic oxidation sites excluding steroid dienone is 1. The molecule has 0 fully saturated rings. The van der Waals surface area contributed by atoms with Crippen molar-refractivity contribution in [2.45, 2.75) is 108 Å². The molecular formula is C29H52N2O2. The summed E-state index contributed by atoms with van der Waals surface area (Å²) in [6.07, 6.45) is 3.46. The molecule has 2 atom stereocenters. The summed E-state index contributed by atoms with van der Waals surface area (Å²) in [6, 6.07) is 10.4. The number of rotatable bonds is 5. The second-order valence-electron chi connectivity index (χ2n) is 7.85. The molecule has 33 heavy (non-hydrogen) atoms. The van der Waals surface area contributed by atoms with Gasteiger partial charge in [0.15, 0.2) is 5.78 Å². The molecule has 0 aliphatic carbocycles. The monoisotopic (exact) mass is 460 g/mol. The Kier molecular flexibility index (Phi) is 24.6. The second-order valence-corrected chi connectivity index (χ2v) is 7.85. The van der Waals surface area contributed by atoms with E-state index in [1.54, 1.807) is 6.92 Å². The highest BCUT2D eigenvalue weighted by molar-refractivity contribution is 5.99. The molecule has 0 radical (unpaired) electrons. The number of unbranched alkanes of at least 4 members (excludes halogenated alkanes) is 1. The zero-order valence-electron chi connectivity index (χ0n) is 23.6. The highest BCUT2D eigenvalue weighted by Gasteiger charge is 2.20. The maximum Gasteiger partial charge on any atom is 0.175 e. The molecule has 1 aliphatic heterocycles. The molecule has 190 valence electrons. The van der Waals surface area contributed by atoms with Gasteiger partial charge >= 0.3 is 0 Å². The minimum atomic E-state index is 0.0846. The maximum atomic E-state index is 11.8. The van der Waals surface area contributed by atoms with Crippen LogP contribution < -0.4 is 5.32 Å². The molecule has 1 heterocycles. The summed E-state index contributed by atoms with van der Waals surface area (Å²) < 4.78 is 0. The average Bonchev–Trinajstić information content (AvgIpc) is 2.96. The Morgan fingerprint density at radius 2 is 1.45 bits per heavy atom. The fourth-order valence-electron chi connectivity index (χ4n) is 2.58. The van der Waals surface area contributed by atoms with Gasteiger partial charge in [-0.3, -0.25) is 9.79 Å². The molecule has 1 aliphatic rings. The van der Waals surface area contributed by atoms with Crippen molar-refractivity contribution in [2.75, 3.05) is 6.54 Å². The lowest BCUT2D eigenvalue weighted by Gasteiger charge is -2.16. The molecule has 0 spiro atoms. The van der Waals surface area contributed by atoms with Crippen LogP contribution in [0, 0.1) is 5.92 Å². The van der Waals surface area contributed by atoms with Crippen molar-refractivity contribution >= 4 is 17.4 Å². The zero-order chi connectivity index (χ0) is 26.4. The quantitative estimate of drug-likeness (QED) is 0.482. The van der Waals surface area contributed by atoms with Crippen LogP contribution in [0.15, 0.2) is 46.6 Å². The smallest absolute Gasteiger partial charge is 0.175 e. The van der Waals surface area contributed by atoms with E-state index in [9.17, 15) is 9.59 Å². The summed E-state index contributed by atoms with van der Waals surface area (Å²) in [6.45, 7) is 24.1. The highest BCUT2D eigenvalue weighted by atomic mass is 16.1. The highest BCUT2D eigenvalue weighted by Crippen LogP contribution is 2.22. The normalized spacial score (nSPS) is 15.0. The molecule has 1 aromatic carbocycles. The van der Waals surface area contributed by atoms with Crippen LogP contribution in [-0.2, 0) is 9.59 Å². The maximum absolute atomic E-state index is 11.8. The Hall–Kier alpha value is -2.23. The van der Waals surface area contributed by atoms with E-state index >= 15 is 0 Å². The summed E-state index contributed by atoms with van der Waals surface area (Å²) >= 11 is 0. The van der Waals surface area contributed by atoms with Gasteiger partial charge in [0.05, 0.1) is 5.70 Å². The van der Waals surface area contributed by atoms with Crippen LogP contribution >= 0.6 is 0 Å². The largest absolute Gasteiger partial charge is 0.341 e. The van der Waals surface area contributed by atoms with Gasteiger partial charge in [-0.05, 0) is 43.7 Å².